The van der Waals surface area contributed by atoms with Crippen LogP contribution in [0.25, 0.3) is 0 Å². The van der Waals surface area contributed by atoms with Gasteiger partial charge in [-0.15, -0.1) is 0 Å². The highest BCUT2D eigenvalue weighted by atomic mass is 16.5. The summed E-state index contributed by atoms with van der Waals surface area (Å²) in [5, 5.41) is 13.6. The minimum absolute atomic E-state index is 0.143. The van der Waals surface area contributed by atoms with E-state index in [9.17, 15) is 9.59 Å². The monoisotopic (exact) mass is 280 g/mol. The second-order valence-electron chi connectivity index (χ2n) is 4.23. The molecule has 1 rings (SSSR count). The molecule has 0 saturated carbocycles. The van der Waals surface area contributed by atoms with Gasteiger partial charge in [0.15, 0.2) is 0 Å². The molecule has 6 nitrogen and oxygen atoms in total. The molecule has 0 fully saturated rings. The van der Waals surface area contributed by atoms with Gasteiger partial charge in [0.2, 0.25) is 0 Å². The van der Waals surface area contributed by atoms with Gasteiger partial charge in [0.25, 0.3) is 0 Å². The number of ether oxygens (including phenoxy) is 1. The van der Waals surface area contributed by atoms with Crippen molar-refractivity contribution in [1.29, 1.82) is 0 Å². The SMILES string of the molecule is COc1cccc(NC(=O)C(=O)NCCCCCO)c1. The van der Waals surface area contributed by atoms with Crippen LogP contribution in [0.3, 0.4) is 0 Å². The van der Waals surface area contributed by atoms with Crippen LogP contribution in [0.2, 0.25) is 0 Å². The molecule has 3 N–H and O–H groups in total. The van der Waals surface area contributed by atoms with Crippen LogP contribution in [0, 0.1) is 0 Å². The number of unbranched alkanes of at least 4 members (excludes halogenated alkanes) is 2. The summed E-state index contributed by atoms with van der Waals surface area (Å²) in [6.45, 7) is 0.564. The molecule has 6 heteroatoms. The molecule has 0 bridgehead atoms. The highest BCUT2D eigenvalue weighted by molar-refractivity contribution is 6.39. The molecule has 2 amide bonds. The Morgan fingerprint density at radius 1 is 1.20 bits per heavy atom. The average Bonchev–Trinajstić information content (AvgIpc) is 2.47. The molecule has 0 atom stereocenters. The standard InChI is InChI=1S/C14H20N2O4/c1-20-12-7-5-6-11(10-12)16-14(19)13(18)15-8-3-2-4-9-17/h5-7,10,17H,2-4,8-9H2,1H3,(H,15,18)(H,16,19). The molecule has 1 aromatic rings. The van der Waals surface area contributed by atoms with E-state index in [1.165, 1.54) is 7.11 Å². The Morgan fingerprint density at radius 3 is 2.70 bits per heavy atom. The topological polar surface area (TPSA) is 87.7 Å². The fourth-order valence-corrected chi connectivity index (χ4v) is 1.58. The summed E-state index contributed by atoms with van der Waals surface area (Å²) in [5.74, 6) is -0.774. The number of hydrogen-bond acceptors (Lipinski definition) is 4. The minimum atomic E-state index is -0.708. The van der Waals surface area contributed by atoms with Gasteiger partial charge in [-0.1, -0.05) is 6.07 Å². The molecule has 1 aromatic carbocycles. The van der Waals surface area contributed by atoms with E-state index in [0.29, 0.717) is 24.4 Å². The average molecular weight is 280 g/mol. The number of amides is 2. The zero-order valence-electron chi connectivity index (χ0n) is 11.5. The Morgan fingerprint density at radius 2 is 2.00 bits per heavy atom. The van der Waals surface area contributed by atoms with E-state index >= 15 is 0 Å². The number of rotatable bonds is 7. The maximum Gasteiger partial charge on any atom is 0.313 e. The summed E-state index contributed by atoms with van der Waals surface area (Å²) >= 11 is 0. The van der Waals surface area contributed by atoms with Gasteiger partial charge in [-0.3, -0.25) is 9.59 Å². The van der Waals surface area contributed by atoms with Gasteiger partial charge in [0.05, 0.1) is 7.11 Å². The van der Waals surface area contributed by atoms with Gasteiger partial charge in [-0.05, 0) is 31.4 Å². The van der Waals surface area contributed by atoms with Gasteiger partial charge >= 0.3 is 11.8 Å². The molecule has 0 radical (unpaired) electrons. The number of carbonyl (C=O) groups is 2. The van der Waals surface area contributed by atoms with E-state index in [0.717, 1.165) is 12.8 Å². The molecular weight excluding hydrogens is 260 g/mol. The molecule has 20 heavy (non-hydrogen) atoms. The van der Waals surface area contributed by atoms with E-state index < -0.39 is 11.8 Å². The maximum absolute atomic E-state index is 11.6. The third-order valence-corrected chi connectivity index (χ3v) is 2.65. The third kappa shape index (κ3) is 5.71. The van der Waals surface area contributed by atoms with Crippen molar-refractivity contribution in [3.63, 3.8) is 0 Å². The van der Waals surface area contributed by atoms with Gasteiger partial charge in [-0.2, -0.15) is 0 Å². The quantitative estimate of drug-likeness (QED) is 0.512. The van der Waals surface area contributed by atoms with Gasteiger partial charge in [-0.25, -0.2) is 0 Å². The smallest absolute Gasteiger partial charge is 0.313 e. The Hall–Kier alpha value is -2.08. The first-order valence-electron chi connectivity index (χ1n) is 6.51. The number of carbonyl (C=O) groups excluding carboxylic acids is 2. The van der Waals surface area contributed by atoms with Crippen LogP contribution >= 0.6 is 0 Å². The normalized spacial score (nSPS) is 9.90. The van der Waals surface area contributed by atoms with Crippen molar-refractivity contribution >= 4 is 17.5 Å². The van der Waals surface area contributed by atoms with E-state index in [1.807, 2.05) is 0 Å². The van der Waals surface area contributed by atoms with E-state index in [2.05, 4.69) is 10.6 Å². The van der Waals surface area contributed by atoms with Gasteiger partial charge in [0.1, 0.15) is 5.75 Å². The fraction of sp³-hybridized carbons (Fsp3) is 0.429. The van der Waals surface area contributed by atoms with Crippen molar-refractivity contribution in [2.45, 2.75) is 19.3 Å². The van der Waals surface area contributed by atoms with Crippen molar-refractivity contribution in [2.24, 2.45) is 0 Å². The van der Waals surface area contributed by atoms with Crippen LogP contribution in [0.1, 0.15) is 19.3 Å². The molecule has 0 aliphatic rings. The van der Waals surface area contributed by atoms with Crippen molar-refractivity contribution in [1.82, 2.24) is 5.32 Å². The summed E-state index contributed by atoms with van der Waals surface area (Å²) in [6, 6.07) is 6.78. The number of benzene rings is 1. The molecule has 0 heterocycles. The summed E-state index contributed by atoms with van der Waals surface area (Å²) in [5.41, 5.74) is 0.504. The van der Waals surface area contributed by atoms with Crippen LogP contribution < -0.4 is 15.4 Å². The highest BCUT2D eigenvalue weighted by Gasteiger charge is 2.12. The van der Waals surface area contributed by atoms with Gasteiger partial charge < -0.3 is 20.5 Å². The number of hydrogen-bond donors (Lipinski definition) is 3. The Kier molecular flexibility index (Phi) is 7.13. The van der Waals surface area contributed by atoms with Crippen molar-refractivity contribution < 1.29 is 19.4 Å². The highest BCUT2D eigenvalue weighted by Crippen LogP contribution is 2.16. The maximum atomic E-state index is 11.6. The Labute approximate surface area is 118 Å². The predicted octanol–water partition coefficient (Wildman–Crippen LogP) is 0.912. The van der Waals surface area contributed by atoms with Crippen LogP contribution in [0.4, 0.5) is 5.69 Å². The van der Waals surface area contributed by atoms with E-state index in [-0.39, 0.29) is 6.61 Å². The second kappa shape index (κ2) is 8.92. The van der Waals surface area contributed by atoms with Crippen molar-refractivity contribution in [3.05, 3.63) is 24.3 Å². The number of nitrogens with one attached hydrogen (secondary N) is 2. The van der Waals surface area contributed by atoms with Crippen LogP contribution in [0.5, 0.6) is 5.75 Å². The molecule has 0 spiro atoms. The zero-order chi connectivity index (χ0) is 14.8. The Bertz CT molecular complexity index is 449. The molecular formula is C14H20N2O4. The first-order chi connectivity index (χ1) is 9.67. The zero-order valence-corrected chi connectivity index (χ0v) is 11.5. The third-order valence-electron chi connectivity index (χ3n) is 2.65. The largest absolute Gasteiger partial charge is 0.497 e. The van der Waals surface area contributed by atoms with Gasteiger partial charge in [0, 0.05) is 24.9 Å². The van der Waals surface area contributed by atoms with Crippen LogP contribution in [-0.4, -0.2) is 37.2 Å². The van der Waals surface area contributed by atoms with E-state index in [4.69, 9.17) is 9.84 Å². The number of aliphatic hydroxyl groups excluding tert-OH is 1. The van der Waals surface area contributed by atoms with E-state index in [1.54, 1.807) is 24.3 Å². The molecule has 0 aliphatic carbocycles. The number of anilines is 1. The fourth-order valence-electron chi connectivity index (χ4n) is 1.58. The summed E-state index contributed by atoms with van der Waals surface area (Å²) in [6.07, 6.45) is 2.25. The predicted molar refractivity (Wildman–Crippen MR) is 75.6 cm³/mol. The second-order valence-corrected chi connectivity index (χ2v) is 4.23. The van der Waals surface area contributed by atoms with Crippen molar-refractivity contribution in [3.8, 4) is 5.75 Å². The molecule has 0 unspecified atom stereocenters. The molecule has 0 aliphatic heterocycles. The first kappa shape index (κ1) is 16.0. The Balaban J connectivity index is 2.35. The lowest BCUT2D eigenvalue weighted by Crippen LogP contribution is -2.35. The van der Waals surface area contributed by atoms with Crippen LogP contribution in [-0.2, 0) is 9.59 Å². The summed E-state index contributed by atoms with van der Waals surface area (Å²) in [4.78, 5) is 23.2. The molecule has 0 saturated heterocycles. The molecule has 110 valence electrons. The molecule has 0 aromatic heterocycles. The van der Waals surface area contributed by atoms with Crippen molar-refractivity contribution in [2.75, 3.05) is 25.6 Å². The van der Waals surface area contributed by atoms with Crippen LogP contribution in [0.15, 0.2) is 24.3 Å². The lowest BCUT2D eigenvalue weighted by molar-refractivity contribution is -0.136. The number of methoxy groups -OCH3 is 1. The summed E-state index contributed by atoms with van der Waals surface area (Å²) in [7, 11) is 1.53. The summed E-state index contributed by atoms with van der Waals surface area (Å²) < 4.78 is 5.03. The lowest BCUT2D eigenvalue weighted by atomic mass is 10.2. The lowest BCUT2D eigenvalue weighted by Gasteiger charge is -2.07. The minimum Gasteiger partial charge on any atom is -0.497 e. The first-order valence-corrected chi connectivity index (χ1v) is 6.51. The number of aliphatic hydroxyl groups is 1.